The Hall–Kier alpha value is -3.54. The third-order valence-corrected chi connectivity index (χ3v) is 8.21. The van der Waals surface area contributed by atoms with Gasteiger partial charge in [-0.05, 0) is 66.6 Å². The zero-order valence-corrected chi connectivity index (χ0v) is 20.9. The van der Waals surface area contributed by atoms with Gasteiger partial charge in [0.1, 0.15) is 16.7 Å². The summed E-state index contributed by atoms with van der Waals surface area (Å²) in [6.07, 6.45) is 0.284. The number of aliphatic hydroxyl groups excluding tert-OH is 1. The molecule has 3 aromatic carbocycles. The number of hydrogen-bond acceptors (Lipinski definition) is 5. The molecule has 8 heteroatoms. The second kappa shape index (κ2) is 10.2. The summed E-state index contributed by atoms with van der Waals surface area (Å²) in [4.78, 5) is 0. The molecule has 2 atom stereocenters. The molecule has 0 saturated heterocycles. The number of nitriles is 1. The predicted molar refractivity (Wildman–Crippen MR) is 136 cm³/mol. The van der Waals surface area contributed by atoms with Crippen LogP contribution in [-0.2, 0) is 14.8 Å². The van der Waals surface area contributed by atoms with E-state index in [-0.39, 0.29) is 25.3 Å². The van der Waals surface area contributed by atoms with Crippen molar-refractivity contribution in [1.82, 2.24) is 0 Å². The van der Waals surface area contributed by atoms with Crippen LogP contribution in [0.15, 0.2) is 77.2 Å². The van der Waals surface area contributed by atoms with Crippen LogP contribution in [0.3, 0.4) is 0 Å². The van der Waals surface area contributed by atoms with Gasteiger partial charge in [0.05, 0.1) is 11.6 Å². The Kier molecular flexibility index (Phi) is 7.25. The van der Waals surface area contributed by atoms with Crippen LogP contribution in [0.1, 0.15) is 54.5 Å². The van der Waals surface area contributed by atoms with Crippen LogP contribution in [0.5, 0.6) is 0 Å². The molecule has 0 radical (unpaired) electrons. The first kappa shape index (κ1) is 25.5. The fraction of sp³-hybridized carbons (Fsp3) is 0.286. The summed E-state index contributed by atoms with van der Waals surface area (Å²) in [6.45, 7) is 3.20. The van der Waals surface area contributed by atoms with Crippen LogP contribution in [-0.4, -0.2) is 31.6 Å². The SMILES string of the molecule is CC1(C)OC(C[C@@H](CCO)c2ccccc2F)=NS(=O)(=O)C1c1ccc(-c2cccc(C#N)c2)cc1. The lowest BCUT2D eigenvalue weighted by molar-refractivity contribution is 0.0797. The van der Waals surface area contributed by atoms with Gasteiger partial charge in [-0.1, -0.05) is 54.6 Å². The lowest BCUT2D eigenvalue weighted by Gasteiger charge is -2.38. The fourth-order valence-corrected chi connectivity index (χ4v) is 6.51. The summed E-state index contributed by atoms with van der Waals surface area (Å²) < 4.78 is 51.2. The summed E-state index contributed by atoms with van der Waals surface area (Å²) in [6, 6.07) is 22.6. The highest BCUT2D eigenvalue weighted by Crippen LogP contribution is 2.42. The number of halogens is 1. The minimum atomic E-state index is -4.01. The highest BCUT2D eigenvalue weighted by atomic mass is 32.2. The quantitative estimate of drug-likeness (QED) is 0.456. The third-order valence-electron chi connectivity index (χ3n) is 6.32. The van der Waals surface area contributed by atoms with E-state index >= 15 is 0 Å². The maximum absolute atomic E-state index is 14.4. The molecule has 186 valence electrons. The summed E-state index contributed by atoms with van der Waals surface area (Å²) in [5, 5.41) is 17.6. The van der Waals surface area contributed by atoms with Crippen molar-refractivity contribution >= 4 is 15.9 Å². The standard InChI is InChI=1S/C28H27FN2O4S/c1-28(2)27(21-12-10-20(11-13-21)22-7-5-6-19(16-22)18-30)36(33,34)31-26(35-28)17-23(14-15-32)24-8-3-4-9-25(24)29/h3-13,16,23,27,32H,14-15,17H2,1-2H3/t23-,27?/m1/s1. The van der Waals surface area contributed by atoms with Gasteiger partial charge in [0.15, 0.2) is 0 Å². The lowest BCUT2D eigenvalue weighted by Crippen LogP contribution is -2.43. The molecule has 0 saturated carbocycles. The number of rotatable bonds is 7. The second-order valence-corrected chi connectivity index (χ2v) is 11.0. The van der Waals surface area contributed by atoms with Crippen LogP contribution in [0.4, 0.5) is 4.39 Å². The first-order chi connectivity index (χ1) is 17.1. The molecule has 1 aliphatic heterocycles. The number of benzene rings is 3. The Bertz CT molecular complexity index is 1430. The second-order valence-electron chi connectivity index (χ2n) is 9.34. The van der Waals surface area contributed by atoms with Crippen molar-refractivity contribution in [2.24, 2.45) is 4.40 Å². The minimum absolute atomic E-state index is 0.00268. The maximum atomic E-state index is 14.4. The van der Waals surface area contributed by atoms with Gasteiger partial charge >= 0.3 is 0 Å². The van der Waals surface area contributed by atoms with Crippen molar-refractivity contribution in [2.75, 3.05) is 6.61 Å². The largest absolute Gasteiger partial charge is 0.472 e. The lowest BCUT2D eigenvalue weighted by atomic mass is 9.91. The predicted octanol–water partition coefficient (Wildman–Crippen LogP) is 5.50. The average Bonchev–Trinajstić information content (AvgIpc) is 2.83. The Morgan fingerprint density at radius 1 is 1.08 bits per heavy atom. The van der Waals surface area contributed by atoms with Crippen LogP contribution in [0.25, 0.3) is 11.1 Å². The number of hydrogen-bond donors (Lipinski definition) is 1. The molecule has 4 rings (SSSR count). The monoisotopic (exact) mass is 506 g/mol. The maximum Gasteiger partial charge on any atom is 0.267 e. The van der Waals surface area contributed by atoms with E-state index in [1.165, 1.54) is 6.07 Å². The Balaban J connectivity index is 1.63. The smallest absolute Gasteiger partial charge is 0.267 e. The van der Waals surface area contributed by atoms with Gasteiger partial charge < -0.3 is 9.84 Å². The van der Waals surface area contributed by atoms with Gasteiger partial charge in [-0.3, -0.25) is 0 Å². The van der Waals surface area contributed by atoms with Crippen LogP contribution in [0.2, 0.25) is 0 Å². The molecule has 0 amide bonds. The van der Waals surface area contributed by atoms with Gasteiger partial charge in [-0.2, -0.15) is 5.26 Å². The number of ether oxygens (including phenoxy) is 1. The molecule has 3 aromatic rings. The molecule has 6 nitrogen and oxygen atoms in total. The summed E-state index contributed by atoms with van der Waals surface area (Å²) in [5.74, 6) is -0.906. The molecule has 36 heavy (non-hydrogen) atoms. The Morgan fingerprint density at radius 3 is 2.44 bits per heavy atom. The van der Waals surface area contributed by atoms with Crippen molar-refractivity contribution in [3.05, 3.63) is 95.3 Å². The molecule has 1 unspecified atom stereocenters. The van der Waals surface area contributed by atoms with Crippen molar-refractivity contribution in [3.8, 4) is 17.2 Å². The van der Waals surface area contributed by atoms with Crippen LogP contribution < -0.4 is 0 Å². The molecule has 0 spiro atoms. The summed E-state index contributed by atoms with van der Waals surface area (Å²) >= 11 is 0. The van der Waals surface area contributed by atoms with E-state index in [2.05, 4.69) is 10.5 Å². The van der Waals surface area contributed by atoms with Crippen molar-refractivity contribution < 1.29 is 22.7 Å². The topological polar surface area (TPSA) is 99.8 Å². The average molecular weight is 507 g/mol. The van der Waals surface area contributed by atoms with Crippen molar-refractivity contribution in [3.63, 3.8) is 0 Å². The Morgan fingerprint density at radius 2 is 1.81 bits per heavy atom. The van der Waals surface area contributed by atoms with Crippen molar-refractivity contribution in [1.29, 1.82) is 5.26 Å². The van der Waals surface area contributed by atoms with E-state index in [0.29, 0.717) is 16.7 Å². The van der Waals surface area contributed by atoms with E-state index in [9.17, 15) is 17.9 Å². The molecule has 0 aromatic heterocycles. The minimum Gasteiger partial charge on any atom is -0.472 e. The molecule has 1 heterocycles. The third kappa shape index (κ3) is 5.32. The Labute approximate surface area is 210 Å². The number of sulfonamides is 1. The van der Waals surface area contributed by atoms with E-state index in [4.69, 9.17) is 10.00 Å². The fourth-order valence-electron chi connectivity index (χ4n) is 4.74. The zero-order valence-electron chi connectivity index (χ0n) is 20.1. The molecule has 0 fully saturated rings. The van der Waals surface area contributed by atoms with Gasteiger partial charge in [0, 0.05) is 13.0 Å². The van der Waals surface area contributed by atoms with E-state index in [1.807, 2.05) is 18.2 Å². The van der Waals surface area contributed by atoms with E-state index in [0.717, 1.165) is 11.1 Å². The molecule has 1 N–H and O–H groups in total. The van der Waals surface area contributed by atoms with Gasteiger partial charge in [0.2, 0.25) is 5.90 Å². The number of nitrogens with zero attached hydrogens (tertiary/aromatic N) is 2. The van der Waals surface area contributed by atoms with Crippen LogP contribution >= 0.6 is 0 Å². The highest BCUT2D eigenvalue weighted by molar-refractivity contribution is 7.90. The van der Waals surface area contributed by atoms with E-state index < -0.39 is 32.6 Å². The number of aliphatic hydroxyl groups is 1. The summed E-state index contributed by atoms with van der Waals surface area (Å²) in [7, 11) is -4.01. The molecular weight excluding hydrogens is 479 g/mol. The molecular formula is C28H27FN2O4S. The highest BCUT2D eigenvalue weighted by Gasteiger charge is 2.47. The van der Waals surface area contributed by atoms with Gasteiger partial charge in [0.25, 0.3) is 10.0 Å². The van der Waals surface area contributed by atoms with Crippen LogP contribution in [0, 0.1) is 17.1 Å². The van der Waals surface area contributed by atoms with Crippen molar-refractivity contribution in [2.45, 2.75) is 43.5 Å². The van der Waals surface area contributed by atoms with E-state index in [1.54, 1.807) is 62.4 Å². The van der Waals surface area contributed by atoms with Gasteiger partial charge in [-0.15, -0.1) is 4.40 Å². The molecule has 0 aliphatic carbocycles. The first-order valence-corrected chi connectivity index (χ1v) is 13.1. The normalized spacial score (nSPS) is 19.0. The zero-order chi connectivity index (χ0) is 25.9. The molecule has 0 bridgehead atoms. The summed E-state index contributed by atoms with van der Waals surface area (Å²) in [5.41, 5.74) is 2.01. The van der Waals surface area contributed by atoms with Gasteiger partial charge in [-0.25, -0.2) is 12.8 Å². The first-order valence-electron chi connectivity index (χ1n) is 11.6. The molecule has 1 aliphatic rings.